The van der Waals surface area contributed by atoms with Gasteiger partial charge in [0.15, 0.2) is 0 Å². The molecule has 0 amide bonds. The average molecular weight is 148 g/mol. The van der Waals surface area contributed by atoms with Crippen LogP contribution >= 0.6 is 0 Å². The van der Waals surface area contributed by atoms with Gasteiger partial charge in [-0.1, -0.05) is 0 Å². The molecule has 0 aromatic heterocycles. The van der Waals surface area contributed by atoms with Gasteiger partial charge in [-0.3, -0.25) is 4.79 Å². The standard InChI is InChI=1S/C2H4O2.Sr/c1-2(3)4;/h1H3,(H,3,4);. The van der Waals surface area contributed by atoms with Crippen LogP contribution < -0.4 is 0 Å². The molecule has 0 saturated heterocycles. The molecule has 0 heterocycles. The Morgan fingerprint density at radius 2 is 1.80 bits per heavy atom. The van der Waals surface area contributed by atoms with Crippen molar-refractivity contribution < 1.29 is 9.90 Å². The summed E-state index contributed by atoms with van der Waals surface area (Å²) < 4.78 is 0. The van der Waals surface area contributed by atoms with Crippen LogP contribution in [0.5, 0.6) is 0 Å². The molecule has 0 aliphatic carbocycles. The molecule has 0 unspecified atom stereocenters. The van der Waals surface area contributed by atoms with Crippen molar-refractivity contribution >= 4 is 51.5 Å². The van der Waals surface area contributed by atoms with Crippen molar-refractivity contribution in [1.82, 2.24) is 0 Å². The summed E-state index contributed by atoms with van der Waals surface area (Å²) in [5.41, 5.74) is 0. The van der Waals surface area contributed by atoms with Gasteiger partial charge < -0.3 is 5.11 Å². The van der Waals surface area contributed by atoms with E-state index in [1.165, 1.54) is 0 Å². The van der Waals surface area contributed by atoms with Gasteiger partial charge >= 0.3 is 0 Å². The van der Waals surface area contributed by atoms with Crippen LogP contribution in [0.3, 0.4) is 0 Å². The monoisotopic (exact) mass is 148 g/mol. The normalized spacial score (nSPS) is 5.00. The zero-order valence-corrected chi connectivity index (χ0v) is 6.54. The van der Waals surface area contributed by atoms with Gasteiger partial charge in [0.25, 0.3) is 5.97 Å². The molecule has 0 aromatic carbocycles. The largest absolute Gasteiger partial charge is 0.481 e. The molecule has 2 radical (unpaired) electrons. The molecule has 0 spiro atoms. The first-order valence-corrected chi connectivity index (χ1v) is 0.928. The van der Waals surface area contributed by atoms with Crippen LogP contribution in [0.1, 0.15) is 6.92 Å². The van der Waals surface area contributed by atoms with E-state index in [0.717, 1.165) is 6.92 Å². The number of carbonyl (C=O) groups is 1. The Morgan fingerprint density at radius 3 is 1.80 bits per heavy atom. The van der Waals surface area contributed by atoms with E-state index < -0.39 is 5.97 Å². The molecule has 0 bridgehead atoms. The summed E-state index contributed by atoms with van der Waals surface area (Å²) in [6, 6.07) is 0. The summed E-state index contributed by atoms with van der Waals surface area (Å²) in [5.74, 6) is -0.833. The summed E-state index contributed by atoms with van der Waals surface area (Å²) in [7, 11) is 0. The summed E-state index contributed by atoms with van der Waals surface area (Å²) in [5, 5.41) is 7.42. The molecule has 0 saturated carbocycles. The second kappa shape index (κ2) is 4.95. The Bertz CT molecular complexity index is 30.6. The molecule has 0 aliphatic heterocycles. The Labute approximate surface area is 67.4 Å². The van der Waals surface area contributed by atoms with Gasteiger partial charge in [0.2, 0.25) is 0 Å². The molecule has 0 atom stereocenters. The van der Waals surface area contributed by atoms with Gasteiger partial charge in [0, 0.05) is 52.4 Å². The smallest absolute Gasteiger partial charge is 0.300 e. The van der Waals surface area contributed by atoms with E-state index in [-0.39, 0.29) is 45.5 Å². The van der Waals surface area contributed by atoms with E-state index in [1.54, 1.807) is 0 Å². The van der Waals surface area contributed by atoms with Crippen molar-refractivity contribution in [2.75, 3.05) is 0 Å². The maximum atomic E-state index is 9.00. The molecule has 0 fully saturated rings. The van der Waals surface area contributed by atoms with Gasteiger partial charge in [-0.05, 0) is 0 Å². The minimum atomic E-state index is -0.833. The first kappa shape index (κ1) is 9.34. The third-order valence-corrected chi connectivity index (χ3v) is 0. The third-order valence-electron chi connectivity index (χ3n) is 0. The van der Waals surface area contributed by atoms with Gasteiger partial charge in [-0.15, -0.1) is 0 Å². The number of rotatable bonds is 0. The van der Waals surface area contributed by atoms with Crippen molar-refractivity contribution in [3.05, 3.63) is 0 Å². The molecule has 0 aromatic rings. The predicted octanol–water partition coefficient (Wildman–Crippen LogP) is -0.290. The molecule has 1 N–H and O–H groups in total. The Morgan fingerprint density at radius 1 is 1.80 bits per heavy atom. The molecular weight excluding hydrogens is 144 g/mol. The van der Waals surface area contributed by atoms with E-state index in [1.807, 2.05) is 0 Å². The minimum Gasteiger partial charge on any atom is -0.481 e. The Hall–Kier alpha value is 0.951. The van der Waals surface area contributed by atoms with E-state index in [2.05, 4.69) is 0 Å². The van der Waals surface area contributed by atoms with Gasteiger partial charge in [-0.25, -0.2) is 0 Å². The molecule has 3 heteroatoms. The number of carboxylic acids is 1. The van der Waals surface area contributed by atoms with Gasteiger partial charge in [-0.2, -0.15) is 0 Å². The first-order chi connectivity index (χ1) is 1.73. The number of carboxylic acid groups (broad SMARTS) is 1. The predicted molar refractivity (Wildman–Crippen MR) is 19.1 cm³/mol. The second-order valence-corrected chi connectivity index (χ2v) is 0.519. The molecule has 26 valence electrons. The number of hydrogen-bond acceptors (Lipinski definition) is 1. The SMILES string of the molecule is CC(=O)O.[Sr]. The average Bonchev–Trinajstić information content (AvgIpc) is 0.811. The molecule has 2 nitrogen and oxygen atoms in total. The third kappa shape index (κ3) is 47.7. The van der Waals surface area contributed by atoms with E-state index in [0.29, 0.717) is 0 Å². The van der Waals surface area contributed by atoms with Crippen molar-refractivity contribution in [3.8, 4) is 0 Å². The fourth-order valence-corrected chi connectivity index (χ4v) is 0. The number of aliphatic carboxylic acids is 1. The summed E-state index contributed by atoms with van der Waals surface area (Å²) in [6.07, 6.45) is 0. The first-order valence-electron chi connectivity index (χ1n) is 0.928. The summed E-state index contributed by atoms with van der Waals surface area (Å²) in [6.45, 7) is 1.08. The molecule has 0 aliphatic rings. The minimum absolute atomic E-state index is 0. The quantitative estimate of drug-likeness (QED) is 0.479. The zero-order valence-electron chi connectivity index (χ0n) is 3.06. The maximum absolute atomic E-state index is 9.00. The fourth-order valence-electron chi connectivity index (χ4n) is 0. The molecule has 0 rings (SSSR count). The van der Waals surface area contributed by atoms with Crippen molar-refractivity contribution in [1.29, 1.82) is 0 Å². The van der Waals surface area contributed by atoms with Gasteiger partial charge in [0.1, 0.15) is 0 Å². The van der Waals surface area contributed by atoms with Crippen molar-refractivity contribution in [2.45, 2.75) is 6.92 Å². The van der Waals surface area contributed by atoms with Crippen LogP contribution in [0.15, 0.2) is 0 Å². The Balaban J connectivity index is 0. The van der Waals surface area contributed by atoms with Crippen LogP contribution in [-0.2, 0) is 4.79 Å². The van der Waals surface area contributed by atoms with E-state index >= 15 is 0 Å². The Kier molecular flexibility index (Phi) is 9.25. The maximum Gasteiger partial charge on any atom is 0.300 e. The van der Waals surface area contributed by atoms with Crippen LogP contribution in [0.25, 0.3) is 0 Å². The second-order valence-electron chi connectivity index (χ2n) is 0.519. The van der Waals surface area contributed by atoms with Gasteiger partial charge in [0.05, 0.1) is 0 Å². The number of hydrogen-bond donors (Lipinski definition) is 1. The fraction of sp³-hybridized carbons (Fsp3) is 0.500. The van der Waals surface area contributed by atoms with Crippen molar-refractivity contribution in [2.24, 2.45) is 0 Å². The molecule has 5 heavy (non-hydrogen) atoms. The topological polar surface area (TPSA) is 37.3 Å². The summed E-state index contributed by atoms with van der Waals surface area (Å²) >= 11 is 0. The van der Waals surface area contributed by atoms with E-state index in [9.17, 15) is 0 Å². The van der Waals surface area contributed by atoms with E-state index in [4.69, 9.17) is 9.90 Å². The zero-order chi connectivity index (χ0) is 3.58. The van der Waals surface area contributed by atoms with Crippen LogP contribution in [0.4, 0.5) is 0 Å². The van der Waals surface area contributed by atoms with Crippen LogP contribution in [0.2, 0.25) is 0 Å². The van der Waals surface area contributed by atoms with Crippen LogP contribution in [0, 0.1) is 0 Å². The molecular formula is C2H4O2Sr. The van der Waals surface area contributed by atoms with Crippen molar-refractivity contribution in [3.63, 3.8) is 0 Å². The summed E-state index contributed by atoms with van der Waals surface area (Å²) in [4.78, 5) is 9.00. The van der Waals surface area contributed by atoms with Crippen LogP contribution in [-0.4, -0.2) is 56.6 Å².